The lowest BCUT2D eigenvalue weighted by Crippen LogP contribution is -2.06. The van der Waals surface area contributed by atoms with Gasteiger partial charge in [0.25, 0.3) is 0 Å². The van der Waals surface area contributed by atoms with Gasteiger partial charge >= 0.3 is 5.97 Å². The highest BCUT2D eigenvalue weighted by atomic mass is 16.5. The van der Waals surface area contributed by atoms with Crippen molar-refractivity contribution in [2.24, 2.45) is 0 Å². The van der Waals surface area contributed by atoms with E-state index in [4.69, 9.17) is 4.74 Å². The summed E-state index contributed by atoms with van der Waals surface area (Å²) in [5.41, 5.74) is 4.34. The molecule has 1 atom stereocenters. The number of methoxy groups -OCH3 is 1. The Hall–Kier alpha value is -3.41. The van der Waals surface area contributed by atoms with Crippen LogP contribution in [0.3, 0.4) is 0 Å². The van der Waals surface area contributed by atoms with Crippen LogP contribution in [-0.2, 0) is 4.74 Å². The Morgan fingerprint density at radius 3 is 2.69 bits per heavy atom. The molecular formula is C20H18N4O2. The zero-order valence-electron chi connectivity index (χ0n) is 14.5. The number of aromatic nitrogens is 4. The van der Waals surface area contributed by atoms with Crippen molar-refractivity contribution in [1.82, 2.24) is 19.4 Å². The molecule has 0 aliphatic heterocycles. The average Bonchev–Trinajstić information content (AvgIpc) is 3.34. The zero-order valence-corrected chi connectivity index (χ0v) is 14.5. The molecule has 0 radical (unpaired) electrons. The summed E-state index contributed by atoms with van der Waals surface area (Å²) >= 11 is 0. The normalized spacial score (nSPS) is 12.2. The van der Waals surface area contributed by atoms with Crippen LogP contribution in [0.4, 0.5) is 0 Å². The van der Waals surface area contributed by atoms with Crippen molar-refractivity contribution in [1.29, 1.82) is 0 Å². The van der Waals surface area contributed by atoms with E-state index in [0.29, 0.717) is 0 Å². The maximum atomic E-state index is 11.6. The lowest BCUT2D eigenvalue weighted by atomic mass is 10.1. The fourth-order valence-corrected chi connectivity index (χ4v) is 2.96. The van der Waals surface area contributed by atoms with Gasteiger partial charge in [0.05, 0.1) is 24.9 Å². The predicted molar refractivity (Wildman–Crippen MR) is 98.0 cm³/mol. The van der Waals surface area contributed by atoms with Crippen LogP contribution in [0.25, 0.3) is 16.6 Å². The summed E-state index contributed by atoms with van der Waals surface area (Å²) in [6.07, 6.45) is 5.71. The molecule has 0 amide bonds. The minimum absolute atomic E-state index is 0.148. The number of nitrogens with zero attached hydrogens (tertiary/aromatic N) is 4. The number of hydrogen-bond donors (Lipinski definition) is 0. The highest BCUT2D eigenvalue weighted by Crippen LogP contribution is 2.24. The van der Waals surface area contributed by atoms with E-state index in [1.165, 1.54) is 12.7 Å². The standard InChI is InChI=1S/C20H18N4O2/c1-14(15-6-4-3-5-7-15)24-13-17(12-21-24)16-8-9-23-18(10-16)11-19(22-23)20(25)26-2/h3-14H,1-2H3. The quantitative estimate of drug-likeness (QED) is 0.530. The minimum Gasteiger partial charge on any atom is -0.464 e. The van der Waals surface area contributed by atoms with Crippen molar-refractivity contribution in [3.63, 3.8) is 0 Å². The molecule has 0 bridgehead atoms. The van der Waals surface area contributed by atoms with Gasteiger partial charge in [0, 0.05) is 18.0 Å². The van der Waals surface area contributed by atoms with E-state index in [2.05, 4.69) is 29.3 Å². The molecule has 3 aromatic heterocycles. The largest absolute Gasteiger partial charge is 0.464 e. The molecule has 0 saturated heterocycles. The van der Waals surface area contributed by atoms with Crippen molar-refractivity contribution in [2.45, 2.75) is 13.0 Å². The Morgan fingerprint density at radius 1 is 1.12 bits per heavy atom. The number of carbonyl (C=O) groups excluding carboxylic acids is 1. The van der Waals surface area contributed by atoms with Crippen LogP contribution in [0.2, 0.25) is 0 Å². The van der Waals surface area contributed by atoms with Crippen LogP contribution in [0.15, 0.2) is 67.1 Å². The van der Waals surface area contributed by atoms with Gasteiger partial charge in [0.1, 0.15) is 0 Å². The molecule has 6 nitrogen and oxygen atoms in total. The van der Waals surface area contributed by atoms with Crippen molar-refractivity contribution >= 4 is 11.5 Å². The van der Waals surface area contributed by atoms with Gasteiger partial charge in [-0.05, 0) is 36.2 Å². The second-order valence-corrected chi connectivity index (χ2v) is 6.10. The molecule has 130 valence electrons. The summed E-state index contributed by atoms with van der Waals surface area (Å²) in [6, 6.07) is 16.1. The summed E-state index contributed by atoms with van der Waals surface area (Å²) in [7, 11) is 1.35. The molecule has 0 aliphatic rings. The number of carbonyl (C=O) groups is 1. The van der Waals surface area contributed by atoms with Crippen molar-refractivity contribution in [2.75, 3.05) is 7.11 Å². The lowest BCUT2D eigenvalue weighted by molar-refractivity contribution is 0.0593. The van der Waals surface area contributed by atoms with Crippen molar-refractivity contribution < 1.29 is 9.53 Å². The van der Waals surface area contributed by atoms with E-state index in [9.17, 15) is 4.79 Å². The second kappa shape index (κ2) is 6.48. The Labute approximate surface area is 150 Å². The third-order valence-corrected chi connectivity index (χ3v) is 4.47. The highest BCUT2D eigenvalue weighted by Gasteiger charge is 2.13. The zero-order chi connectivity index (χ0) is 18.1. The number of esters is 1. The first-order chi connectivity index (χ1) is 12.7. The fourth-order valence-electron chi connectivity index (χ4n) is 2.96. The molecule has 0 aliphatic carbocycles. The molecule has 4 rings (SSSR count). The third kappa shape index (κ3) is 2.86. The minimum atomic E-state index is -0.445. The van der Waals surface area contributed by atoms with Gasteiger partial charge in [-0.15, -0.1) is 0 Å². The molecule has 0 saturated carbocycles. The number of rotatable bonds is 4. The Kier molecular flexibility index (Phi) is 4.01. The van der Waals surface area contributed by atoms with Crippen LogP contribution in [0.1, 0.15) is 29.0 Å². The molecule has 6 heteroatoms. The Morgan fingerprint density at radius 2 is 1.92 bits per heavy atom. The molecular weight excluding hydrogens is 328 g/mol. The van der Waals surface area contributed by atoms with Gasteiger partial charge in [-0.1, -0.05) is 30.3 Å². The number of pyridine rings is 1. The first-order valence-corrected chi connectivity index (χ1v) is 8.33. The van der Waals surface area contributed by atoms with Gasteiger partial charge in [0.2, 0.25) is 0 Å². The van der Waals surface area contributed by atoms with Gasteiger partial charge in [-0.3, -0.25) is 4.68 Å². The number of benzene rings is 1. The SMILES string of the molecule is COC(=O)c1cc2cc(-c3cnn(C(C)c4ccccc4)c3)ccn2n1. The van der Waals surface area contributed by atoms with E-state index in [1.807, 2.05) is 53.6 Å². The van der Waals surface area contributed by atoms with Crippen LogP contribution in [0, 0.1) is 0 Å². The number of hydrogen-bond acceptors (Lipinski definition) is 4. The second-order valence-electron chi connectivity index (χ2n) is 6.10. The molecule has 1 unspecified atom stereocenters. The summed E-state index contributed by atoms with van der Waals surface area (Å²) < 4.78 is 8.33. The van der Waals surface area contributed by atoms with E-state index in [-0.39, 0.29) is 11.7 Å². The molecule has 26 heavy (non-hydrogen) atoms. The molecule has 3 heterocycles. The van der Waals surface area contributed by atoms with Gasteiger partial charge in [-0.2, -0.15) is 10.2 Å². The van der Waals surface area contributed by atoms with E-state index >= 15 is 0 Å². The van der Waals surface area contributed by atoms with Crippen LogP contribution < -0.4 is 0 Å². The van der Waals surface area contributed by atoms with E-state index < -0.39 is 5.97 Å². The monoisotopic (exact) mass is 346 g/mol. The summed E-state index contributed by atoms with van der Waals surface area (Å²) in [5, 5.41) is 8.73. The van der Waals surface area contributed by atoms with Crippen molar-refractivity contribution in [3.05, 3.63) is 78.4 Å². The first-order valence-electron chi connectivity index (χ1n) is 8.33. The molecule has 0 N–H and O–H groups in total. The van der Waals surface area contributed by atoms with Gasteiger partial charge in [0.15, 0.2) is 5.69 Å². The number of ether oxygens (including phenoxy) is 1. The molecule has 4 aromatic rings. The van der Waals surface area contributed by atoms with Crippen molar-refractivity contribution in [3.8, 4) is 11.1 Å². The molecule has 0 fully saturated rings. The lowest BCUT2D eigenvalue weighted by Gasteiger charge is -2.12. The average molecular weight is 346 g/mol. The maximum absolute atomic E-state index is 11.6. The topological polar surface area (TPSA) is 61.4 Å². The van der Waals surface area contributed by atoms with E-state index in [0.717, 1.165) is 16.6 Å². The summed E-state index contributed by atoms with van der Waals surface area (Å²) in [5.74, 6) is -0.445. The Bertz CT molecular complexity index is 1070. The predicted octanol–water partition coefficient (Wildman–Crippen LogP) is 3.59. The maximum Gasteiger partial charge on any atom is 0.358 e. The molecule has 0 spiro atoms. The van der Waals surface area contributed by atoms with Gasteiger partial charge < -0.3 is 4.74 Å². The summed E-state index contributed by atoms with van der Waals surface area (Å²) in [4.78, 5) is 11.6. The van der Waals surface area contributed by atoms with Crippen LogP contribution >= 0.6 is 0 Å². The first kappa shape index (κ1) is 16.1. The Balaban J connectivity index is 1.66. The van der Waals surface area contributed by atoms with Gasteiger partial charge in [-0.25, -0.2) is 9.31 Å². The third-order valence-electron chi connectivity index (χ3n) is 4.47. The summed E-state index contributed by atoms with van der Waals surface area (Å²) in [6.45, 7) is 2.12. The van der Waals surface area contributed by atoms with E-state index in [1.54, 1.807) is 10.6 Å². The highest BCUT2D eigenvalue weighted by molar-refractivity contribution is 5.89. The van der Waals surface area contributed by atoms with Crippen LogP contribution in [-0.4, -0.2) is 32.5 Å². The fraction of sp³-hybridized carbons (Fsp3) is 0.150. The van der Waals surface area contributed by atoms with Crippen LogP contribution in [0.5, 0.6) is 0 Å². The molecule has 1 aromatic carbocycles. The smallest absolute Gasteiger partial charge is 0.358 e. The number of fused-ring (bicyclic) bond motifs is 1.